The molecule has 16 heavy (non-hydrogen) atoms. The zero-order valence-corrected chi connectivity index (χ0v) is 11.5. The molecule has 92 valence electrons. The summed E-state index contributed by atoms with van der Waals surface area (Å²) >= 11 is 5.85. The highest BCUT2D eigenvalue weighted by Gasteiger charge is 2.15. The average Bonchev–Trinajstić information content (AvgIpc) is 2.19. The maximum Gasteiger partial charge on any atom is 0.0407 e. The quantitative estimate of drug-likeness (QED) is 0.852. The Kier molecular flexibility index (Phi) is 7.16. The van der Waals surface area contributed by atoms with E-state index < -0.39 is 0 Å². The van der Waals surface area contributed by atoms with Gasteiger partial charge in [0.05, 0.1) is 0 Å². The van der Waals surface area contributed by atoms with Crippen LogP contribution in [0.25, 0.3) is 0 Å². The largest absolute Gasteiger partial charge is 0.369 e. The van der Waals surface area contributed by atoms with Gasteiger partial charge in [-0.2, -0.15) is 0 Å². The predicted octanol–water partition coefficient (Wildman–Crippen LogP) is 2.98. The minimum absolute atomic E-state index is 0. The van der Waals surface area contributed by atoms with Crippen LogP contribution >= 0.6 is 36.4 Å². The number of nitrogens with zero attached hydrogens (tertiary/aromatic N) is 1. The maximum atomic E-state index is 5.85. The fourth-order valence-electron chi connectivity index (χ4n) is 1.82. The molecule has 1 aromatic carbocycles. The third-order valence-electron chi connectivity index (χ3n) is 2.56. The normalized spacial score (nSPS) is 19.6. The summed E-state index contributed by atoms with van der Waals surface area (Å²) in [6.07, 6.45) is 0. The molecular formula is C11H17Cl3N2. The van der Waals surface area contributed by atoms with Gasteiger partial charge in [-0.1, -0.05) is 11.6 Å². The average molecular weight is 284 g/mol. The van der Waals surface area contributed by atoms with Gasteiger partial charge in [-0.3, -0.25) is 0 Å². The first-order valence-electron chi connectivity index (χ1n) is 4.99. The fourth-order valence-corrected chi connectivity index (χ4v) is 1.94. The molecule has 0 saturated carbocycles. The molecule has 0 bridgehead atoms. The lowest BCUT2D eigenvalue weighted by molar-refractivity contribution is 0.485. The number of anilines is 1. The Morgan fingerprint density at radius 1 is 1.25 bits per heavy atom. The Hall–Kier alpha value is -0.150. The summed E-state index contributed by atoms with van der Waals surface area (Å²) in [5.74, 6) is 0. The molecular weight excluding hydrogens is 266 g/mol. The van der Waals surface area contributed by atoms with E-state index in [2.05, 4.69) is 29.3 Å². The van der Waals surface area contributed by atoms with Crippen molar-refractivity contribution in [1.29, 1.82) is 0 Å². The fraction of sp³-hybridized carbons (Fsp3) is 0.455. The monoisotopic (exact) mass is 282 g/mol. The molecule has 0 spiro atoms. The Morgan fingerprint density at radius 2 is 1.88 bits per heavy atom. The third-order valence-corrected chi connectivity index (χ3v) is 2.81. The van der Waals surface area contributed by atoms with Crippen molar-refractivity contribution in [3.63, 3.8) is 0 Å². The number of rotatable bonds is 1. The summed E-state index contributed by atoms with van der Waals surface area (Å²) in [6.45, 7) is 5.42. The van der Waals surface area contributed by atoms with Crippen LogP contribution in [0.2, 0.25) is 5.02 Å². The summed E-state index contributed by atoms with van der Waals surface area (Å²) in [5.41, 5.74) is 1.27. The van der Waals surface area contributed by atoms with E-state index in [0.717, 1.165) is 24.7 Å². The van der Waals surface area contributed by atoms with Crippen LogP contribution < -0.4 is 10.2 Å². The number of halogens is 3. The molecule has 1 unspecified atom stereocenters. The van der Waals surface area contributed by atoms with E-state index >= 15 is 0 Å². The second-order valence-corrected chi connectivity index (χ2v) is 4.21. The van der Waals surface area contributed by atoms with E-state index in [1.807, 2.05) is 12.1 Å². The van der Waals surface area contributed by atoms with Crippen LogP contribution in [0.1, 0.15) is 6.92 Å². The van der Waals surface area contributed by atoms with Gasteiger partial charge in [-0.05, 0) is 31.2 Å². The zero-order valence-electron chi connectivity index (χ0n) is 9.15. The Balaban J connectivity index is 0.00000112. The lowest BCUT2D eigenvalue weighted by Crippen LogP contribution is -2.49. The molecule has 1 saturated heterocycles. The van der Waals surface area contributed by atoms with E-state index in [4.69, 9.17) is 11.6 Å². The predicted molar refractivity (Wildman–Crippen MR) is 75.6 cm³/mol. The van der Waals surface area contributed by atoms with Gasteiger partial charge in [0.1, 0.15) is 0 Å². The molecule has 1 atom stereocenters. The standard InChI is InChI=1S/C11H15ClN2.2ClH/c1-9-8-14(7-6-13-9)11-4-2-10(12)3-5-11;;/h2-5,9,13H,6-8H2,1H3;2*1H. The van der Waals surface area contributed by atoms with Gasteiger partial charge in [0.15, 0.2) is 0 Å². The van der Waals surface area contributed by atoms with Gasteiger partial charge in [0.25, 0.3) is 0 Å². The summed E-state index contributed by atoms with van der Waals surface area (Å²) < 4.78 is 0. The van der Waals surface area contributed by atoms with Gasteiger partial charge >= 0.3 is 0 Å². The second-order valence-electron chi connectivity index (χ2n) is 3.78. The Morgan fingerprint density at radius 3 is 2.44 bits per heavy atom. The molecule has 0 amide bonds. The molecule has 1 aromatic rings. The van der Waals surface area contributed by atoms with Crippen molar-refractivity contribution < 1.29 is 0 Å². The molecule has 2 nitrogen and oxygen atoms in total. The number of benzene rings is 1. The molecule has 5 heteroatoms. The van der Waals surface area contributed by atoms with Crippen LogP contribution in [0, 0.1) is 0 Å². The van der Waals surface area contributed by atoms with E-state index in [-0.39, 0.29) is 24.8 Å². The van der Waals surface area contributed by atoms with E-state index in [9.17, 15) is 0 Å². The summed E-state index contributed by atoms with van der Waals surface area (Å²) in [5, 5.41) is 4.23. The SMILES string of the molecule is CC1CN(c2ccc(Cl)cc2)CCN1.Cl.Cl. The second kappa shape index (κ2) is 7.23. The van der Waals surface area contributed by atoms with Gasteiger partial charge in [0, 0.05) is 36.4 Å². The van der Waals surface area contributed by atoms with Gasteiger partial charge in [-0.15, -0.1) is 24.8 Å². The lowest BCUT2D eigenvalue weighted by atomic mass is 10.2. The third kappa shape index (κ3) is 4.02. The molecule has 0 aromatic heterocycles. The minimum Gasteiger partial charge on any atom is -0.369 e. The molecule has 1 fully saturated rings. The Labute approximate surface area is 114 Å². The van der Waals surface area contributed by atoms with Crippen LogP contribution in [0.4, 0.5) is 5.69 Å². The van der Waals surface area contributed by atoms with Gasteiger partial charge in [0.2, 0.25) is 0 Å². The highest BCUT2D eigenvalue weighted by Crippen LogP contribution is 2.18. The van der Waals surface area contributed by atoms with Crippen molar-refractivity contribution in [2.45, 2.75) is 13.0 Å². The summed E-state index contributed by atoms with van der Waals surface area (Å²) in [6, 6.07) is 8.63. The van der Waals surface area contributed by atoms with Crippen LogP contribution in [0.15, 0.2) is 24.3 Å². The van der Waals surface area contributed by atoms with Crippen LogP contribution in [0.5, 0.6) is 0 Å². The van der Waals surface area contributed by atoms with Crippen molar-refractivity contribution >= 4 is 42.1 Å². The molecule has 2 rings (SSSR count). The first kappa shape index (κ1) is 15.9. The van der Waals surface area contributed by atoms with E-state index in [1.54, 1.807) is 0 Å². The number of piperazine rings is 1. The molecule has 1 heterocycles. The van der Waals surface area contributed by atoms with Crippen LogP contribution in [-0.4, -0.2) is 25.7 Å². The first-order valence-corrected chi connectivity index (χ1v) is 5.37. The van der Waals surface area contributed by atoms with Crippen LogP contribution in [-0.2, 0) is 0 Å². The molecule has 1 aliphatic heterocycles. The molecule has 1 aliphatic rings. The van der Waals surface area contributed by atoms with Gasteiger partial charge < -0.3 is 10.2 Å². The molecule has 1 N–H and O–H groups in total. The minimum atomic E-state index is 0. The highest BCUT2D eigenvalue weighted by atomic mass is 35.5. The first-order chi connectivity index (χ1) is 6.75. The number of nitrogens with one attached hydrogen (secondary N) is 1. The number of hydrogen-bond donors (Lipinski definition) is 1. The Bertz CT molecular complexity index is 303. The van der Waals surface area contributed by atoms with Crippen molar-refractivity contribution in [3.05, 3.63) is 29.3 Å². The smallest absolute Gasteiger partial charge is 0.0407 e. The molecule has 0 radical (unpaired) electrons. The number of hydrogen-bond acceptors (Lipinski definition) is 2. The summed E-state index contributed by atoms with van der Waals surface area (Å²) in [7, 11) is 0. The summed E-state index contributed by atoms with van der Waals surface area (Å²) in [4.78, 5) is 2.39. The zero-order chi connectivity index (χ0) is 9.97. The molecule has 0 aliphatic carbocycles. The topological polar surface area (TPSA) is 15.3 Å². The van der Waals surface area contributed by atoms with E-state index in [0.29, 0.717) is 6.04 Å². The lowest BCUT2D eigenvalue weighted by Gasteiger charge is -2.33. The van der Waals surface area contributed by atoms with Crippen molar-refractivity contribution in [1.82, 2.24) is 5.32 Å². The van der Waals surface area contributed by atoms with Gasteiger partial charge in [-0.25, -0.2) is 0 Å². The highest BCUT2D eigenvalue weighted by molar-refractivity contribution is 6.30. The van der Waals surface area contributed by atoms with Crippen LogP contribution in [0.3, 0.4) is 0 Å². The van der Waals surface area contributed by atoms with Crippen molar-refractivity contribution in [2.24, 2.45) is 0 Å². The van der Waals surface area contributed by atoms with E-state index in [1.165, 1.54) is 5.69 Å². The van der Waals surface area contributed by atoms with Crippen molar-refractivity contribution in [3.8, 4) is 0 Å². The maximum absolute atomic E-state index is 5.85. The van der Waals surface area contributed by atoms with Crippen molar-refractivity contribution in [2.75, 3.05) is 24.5 Å².